The third kappa shape index (κ3) is 4.58. The molecule has 1 N–H and O–H groups in total. The SMILES string of the molecule is CC(C)(C)c1ccc(SCCSc2ncn[nH]2)cc1. The molecule has 0 saturated heterocycles. The molecule has 5 heteroatoms. The van der Waals surface area contributed by atoms with E-state index in [1.807, 2.05) is 11.8 Å². The number of nitrogens with zero attached hydrogens (tertiary/aromatic N) is 2. The zero-order valence-corrected chi connectivity index (χ0v) is 13.1. The zero-order valence-electron chi connectivity index (χ0n) is 11.5. The van der Waals surface area contributed by atoms with Crippen molar-refractivity contribution in [2.24, 2.45) is 0 Å². The summed E-state index contributed by atoms with van der Waals surface area (Å²) in [5.74, 6) is 2.10. The fraction of sp³-hybridized carbons (Fsp3) is 0.429. The van der Waals surface area contributed by atoms with Crippen molar-refractivity contribution in [1.82, 2.24) is 15.2 Å². The molecule has 19 heavy (non-hydrogen) atoms. The molecule has 2 aromatic rings. The summed E-state index contributed by atoms with van der Waals surface area (Å²) in [4.78, 5) is 5.41. The lowest BCUT2D eigenvalue weighted by Gasteiger charge is -2.19. The minimum Gasteiger partial charge on any atom is -0.254 e. The molecule has 3 nitrogen and oxygen atoms in total. The van der Waals surface area contributed by atoms with Crippen LogP contribution >= 0.6 is 23.5 Å². The number of hydrogen-bond donors (Lipinski definition) is 1. The van der Waals surface area contributed by atoms with Crippen LogP contribution in [0.25, 0.3) is 0 Å². The Labute approximate surface area is 123 Å². The summed E-state index contributed by atoms with van der Waals surface area (Å²) in [7, 11) is 0. The Morgan fingerprint density at radius 1 is 1.05 bits per heavy atom. The van der Waals surface area contributed by atoms with Crippen LogP contribution in [0.2, 0.25) is 0 Å². The molecule has 0 aliphatic heterocycles. The first kappa shape index (κ1) is 14.5. The third-order valence-electron chi connectivity index (χ3n) is 2.70. The lowest BCUT2D eigenvalue weighted by atomic mass is 9.87. The second kappa shape index (κ2) is 6.48. The number of aromatic nitrogens is 3. The van der Waals surface area contributed by atoms with Crippen molar-refractivity contribution in [2.75, 3.05) is 11.5 Å². The second-order valence-electron chi connectivity index (χ2n) is 5.26. The van der Waals surface area contributed by atoms with E-state index in [1.54, 1.807) is 18.1 Å². The summed E-state index contributed by atoms with van der Waals surface area (Å²) in [6.45, 7) is 6.72. The molecular formula is C14H19N3S2. The van der Waals surface area contributed by atoms with E-state index in [0.717, 1.165) is 16.7 Å². The number of nitrogens with one attached hydrogen (secondary N) is 1. The Morgan fingerprint density at radius 2 is 1.74 bits per heavy atom. The van der Waals surface area contributed by atoms with Gasteiger partial charge in [0.15, 0.2) is 5.16 Å². The van der Waals surface area contributed by atoms with Gasteiger partial charge in [-0.1, -0.05) is 44.7 Å². The molecule has 0 bridgehead atoms. The van der Waals surface area contributed by atoms with Gasteiger partial charge < -0.3 is 0 Å². The Kier molecular flexibility index (Phi) is 4.93. The topological polar surface area (TPSA) is 41.6 Å². The second-order valence-corrected chi connectivity index (χ2v) is 7.51. The first-order valence-electron chi connectivity index (χ1n) is 6.27. The van der Waals surface area contributed by atoms with Gasteiger partial charge in [-0.3, -0.25) is 5.10 Å². The summed E-state index contributed by atoms with van der Waals surface area (Å²) in [6, 6.07) is 8.88. The lowest BCUT2D eigenvalue weighted by Crippen LogP contribution is -2.10. The molecule has 0 unspecified atom stereocenters. The van der Waals surface area contributed by atoms with Gasteiger partial charge in [-0.25, -0.2) is 4.98 Å². The van der Waals surface area contributed by atoms with Crippen LogP contribution in [0.1, 0.15) is 26.3 Å². The van der Waals surface area contributed by atoms with Gasteiger partial charge in [0, 0.05) is 16.4 Å². The zero-order chi connectivity index (χ0) is 13.7. The van der Waals surface area contributed by atoms with E-state index in [4.69, 9.17) is 0 Å². The Hall–Kier alpha value is -0.940. The highest BCUT2D eigenvalue weighted by molar-refractivity contribution is 8.02. The fourth-order valence-electron chi connectivity index (χ4n) is 1.61. The number of hydrogen-bond acceptors (Lipinski definition) is 4. The van der Waals surface area contributed by atoms with Crippen molar-refractivity contribution in [3.63, 3.8) is 0 Å². The maximum atomic E-state index is 4.09. The first-order chi connectivity index (χ1) is 9.05. The highest BCUT2D eigenvalue weighted by Crippen LogP contribution is 2.26. The first-order valence-corrected chi connectivity index (χ1v) is 8.24. The van der Waals surface area contributed by atoms with Crippen LogP contribution in [-0.4, -0.2) is 26.7 Å². The van der Waals surface area contributed by atoms with Crippen LogP contribution in [-0.2, 0) is 5.41 Å². The normalized spacial score (nSPS) is 11.7. The maximum absolute atomic E-state index is 4.09. The summed E-state index contributed by atoms with van der Waals surface area (Å²) in [5.41, 5.74) is 1.61. The van der Waals surface area contributed by atoms with Gasteiger partial charge >= 0.3 is 0 Å². The van der Waals surface area contributed by atoms with E-state index in [1.165, 1.54) is 10.5 Å². The molecule has 1 heterocycles. The highest BCUT2D eigenvalue weighted by Gasteiger charge is 2.12. The van der Waals surface area contributed by atoms with E-state index in [2.05, 4.69) is 60.2 Å². The number of H-pyrrole nitrogens is 1. The molecule has 0 saturated carbocycles. The van der Waals surface area contributed by atoms with Gasteiger partial charge in [0.2, 0.25) is 0 Å². The fourth-order valence-corrected chi connectivity index (χ4v) is 3.28. The van der Waals surface area contributed by atoms with Crippen molar-refractivity contribution < 1.29 is 0 Å². The molecule has 1 aromatic carbocycles. The van der Waals surface area contributed by atoms with E-state index < -0.39 is 0 Å². The van der Waals surface area contributed by atoms with Crippen LogP contribution in [0.4, 0.5) is 0 Å². The van der Waals surface area contributed by atoms with E-state index in [0.29, 0.717) is 0 Å². The molecule has 0 atom stereocenters. The van der Waals surface area contributed by atoms with Crippen molar-refractivity contribution in [3.05, 3.63) is 36.2 Å². The average Bonchev–Trinajstić information content (AvgIpc) is 2.87. The Balaban J connectivity index is 1.77. The van der Waals surface area contributed by atoms with E-state index in [-0.39, 0.29) is 5.41 Å². The molecule has 0 radical (unpaired) electrons. The van der Waals surface area contributed by atoms with Crippen LogP contribution in [0.15, 0.2) is 40.6 Å². The molecule has 0 fully saturated rings. The molecule has 0 aliphatic carbocycles. The van der Waals surface area contributed by atoms with Crippen LogP contribution in [0.3, 0.4) is 0 Å². The Bertz CT molecular complexity index is 486. The molecule has 0 aliphatic rings. The molecule has 1 aromatic heterocycles. The van der Waals surface area contributed by atoms with Gasteiger partial charge in [0.25, 0.3) is 0 Å². The number of thioether (sulfide) groups is 2. The summed E-state index contributed by atoms with van der Waals surface area (Å²) in [5, 5.41) is 7.57. The minimum atomic E-state index is 0.228. The van der Waals surface area contributed by atoms with Gasteiger partial charge in [-0.15, -0.1) is 11.8 Å². The van der Waals surface area contributed by atoms with Crippen LogP contribution in [0, 0.1) is 0 Å². The predicted octanol–water partition coefficient (Wildman–Crippen LogP) is 3.99. The average molecular weight is 293 g/mol. The van der Waals surface area contributed by atoms with Crippen molar-refractivity contribution in [3.8, 4) is 0 Å². The van der Waals surface area contributed by atoms with Crippen LogP contribution in [0.5, 0.6) is 0 Å². The smallest absolute Gasteiger partial charge is 0.183 e. The van der Waals surface area contributed by atoms with Crippen molar-refractivity contribution >= 4 is 23.5 Å². The largest absolute Gasteiger partial charge is 0.254 e. The van der Waals surface area contributed by atoms with Gasteiger partial charge in [-0.05, 0) is 23.1 Å². The van der Waals surface area contributed by atoms with Crippen LogP contribution < -0.4 is 0 Å². The summed E-state index contributed by atoms with van der Waals surface area (Å²) < 4.78 is 0. The van der Waals surface area contributed by atoms with Crippen molar-refractivity contribution in [2.45, 2.75) is 36.2 Å². The van der Waals surface area contributed by atoms with Gasteiger partial charge in [-0.2, -0.15) is 5.10 Å². The Morgan fingerprint density at radius 3 is 2.32 bits per heavy atom. The standard InChI is InChI=1S/C14H19N3S2/c1-14(2,3)11-4-6-12(7-5-11)18-8-9-19-13-15-10-16-17-13/h4-7,10H,8-9H2,1-3H3,(H,15,16,17). The molecular weight excluding hydrogens is 274 g/mol. The lowest BCUT2D eigenvalue weighted by molar-refractivity contribution is 0.590. The summed E-state index contributed by atoms with van der Waals surface area (Å²) in [6.07, 6.45) is 1.54. The third-order valence-corrected chi connectivity index (χ3v) is 4.85. The molecule has 2 rings (SSSR count). The van der Waals surface area contributed by atoms with E-state index >= 15 is 0 Å². The predicted molar refractivity (Wildman–Crippen MR) is 83.0 cm³/mol. The van der Waals surface area contributed by atoms with E-state index in [9.17, 15) is 0 Å². The quantitative estimate of drug-likeness (QED) is 0.668. The molecule has 0 amide bonds. The molecule has 0 spiro atoms. The van der Waals surface area contributed by atoms with Gasteiger partial charge in [0.05, 0.1) is 0 Å². The number of benzene rings is 1. The monoisotopic (exact) mass is 293 g/mol. The minimum absolute atomic E-state index is 0.228. The maximum Gasteiger partial charge on any atom is 0.183 e. The number of rotatable bonds is 5. The number of aromatic amines is 1. The molecule has 102 valence electrons. The highest BCUT2D eigenvalue weighted by atomic mass is 32.2. The van der Waals surface area contributed by atoms with Crippen molar-refractivity contribution in [1.29, 1.82) is 0 Å². The van der Waals surface area contributed by atoms with Gasteiger partial charge in [0.1, 0.15) is 6.33 Å². The summed E-state index contributed by atoms with van der Waals surface area (Å²) >= 11 is 3.58.